The molecule has 0 bridgehead atoms. The van der Waals surface area contributed by atoms with E-state index in [0.29, 0.717) is 18.4 Å². The average molecular weight is 225 g/mol. The van der Waals surface area contributed by atoms with Gasteiger partial charge in [-0.2, -0.15) is 4.98 Å². The first-order valence-electron chi connectivity index (χ1n) is 5.52. The van der Waals surface area contributed by atoms with Gasteiger partial charge in [-0.15, -0.1) is 0 Å². The van der Waals surface area contributed by atoms with Gasteiger partial charge >= 0.3 is 5.97 Å². The standard InChI is InChI=1S/C10H15N3O3/c1-2-15-9(14)7-8-11-10(12-16-8)13-5-3-4-6-13/h2-7H2,1H3. The molecule has 0 spiro atoms. The Morgan fingerprint density at radius 2 is 2.25 bits per heavy atom. The lowest BCUT2D eigenvalue weighted by Crippen LogP contribution is -2.19. The van der Waals surface area contributed by atoms with Crippen LogP contribution in [0.5, 0.6) is 0 Å². The summed E-state index contributed by atoms with van der Waals surface area (Å²) >= 11 is 0. The van der Waals surface area contributed by atoms with E-state index in [-0.39, 0.29) is 12.4 Å². The van der Waals surface area contributed by atoms with E-state index in [4.69, 9.17) is 9.26 Å². The second kappa shape index (κ2) is 4.96. The second-order valence-corrected chi connectivity index (χ2v) is 3.66. The smallest absolute Gasteiger partial charge is 0.315 e. The van der Waals surface area contributed by atoms with Crippen molar-refractivity contribution in [2.45, 2.75) is 26.2 Å². The van der Waals surface area contributed by atoms with Crippen LogP contribution in [0.25, 0.3) is 0 Å². The molecule has 1 aliphatic rings. The molecule has 1 aliphatic heterocycles. The van der Waals surface area contributed by atoms with Crippen molar-refractivity contribution in [3.05, 3.63) is 5.89 Å². The van der Waals surface area contributed by atoms with Gasteiger partial charge in [0, 0.05) is 13.1 Å². The number of hydrogen-bond acceptors (Lipinski definition) is 6. The normalized spacial score (nSPS) is 15.4. The number of hydrogen-bond donors (Lipinski definition) is 0. The Hall–Kier alpha value is -1.59. The fourth-order valence-electron chi connectivity index (χ4n) is 1.70. The number of nitrogens with zero attached hydrogens (tertiary/aromatic N) is 3. The van der Waals surface area contributed by atoms with E-state index in [1.807, 2.05) is 0 Å². The Bertz CT molecular complexity index is 358. The van der Waals surface area contributed by atoms with Crippen LogP contribution >= 0.6 is 0 Å². The molecule has 6 heteroatoms. The molecular formula is C10H15N3O3. The van der Waals surface area contributed by atoms with Gasteiger partial charge in [0.25, 0.3) is 5.95 Å². The molecule has 0 aliphatic carbocycles. The van der Waals surface area contributed by atoms with Gasteiger partial charge in [-0.25, -0.2) is 0 Å². The molecule has 2 heterocycles. The summed E-state index contributed by atoms with van der Waals surface area (Å²) < 4.78 is 9.79. The molecule has 1 aromatic heterocycles. The van der Waals surface area contributed by atoms with Gasteiger partial charge in [0.15, 0.2) is 0 Å². The molecule has 2 rings (SSSR count). The summed E-state index contributed by atoms with van der Waals surface area (Å²) in [4.78, 5) is 17.4. The van der Waals surface area contributed by atoms with E-state index in [9.17, 15) is 4.79 Å². The van der Waals surface area contributed by atoms with E-state index >= 15 is 0 Å². The number of carbonyl (C=O) groups excluding carboxylic acids is 1. The van der Waals surface area contributed by atoms with Crippen LogP contribution in [0.4, 0.5) is 5.95 Å². The Kier molecular flexibility index (Phi) is 3.38. The van der Waals surface area contributed by atoms with Crippen molar-refractivity contribution in [3.63, 3.8) is 0 Å². The van der Waals surface area contributed by atoms with Crippen LogP contribution < -0.4 is 4.90 Å². The minimum Gasteiger partial charge on any atom is -0.466 e. The molecule has 0 amide bonds. The summed E-state index contributed by atoms with van der Waals surface area (Å²) in [5.41, 5.74) is 0. The zero-order valence-electron chi connectivity index (χ0n) is 9.31. The maximum absolute atomic E-state index is 11.2. The Morgan fingerprint density at radius 1 is 1.50 bits per heavy atom. The topological polar surface area (TPSA) is 68.5 Å². The fraction of sp³-hybridized carbons (Fsp3) is 0.700. The van der Waals surface area contributed by atoms with Crippen molar-refractivity contribution < 1.29 is 14.1 Å². The molecular weight excluding hydrogens is 210 g/mol. The van der Waals surface area contributed by atoms with Gasteiger partial charge in [-0.3, -0.25) is 4.79 Å². The van der Waals surface area contributed by atoms with E-state index < -0.39 is 0 Å². The summed E-state index contributed by atoms with van der Waals surface area (Å²) in [5.74, 6) is 0.566. The van der Waals surface area contributed by atoms with Gasteiger partial charge in [-0.1, -0.05) is 0 Å². The quantitative estimate of drug-likeness (QED) is 0.705. The minimum absolute atomic E-state index is 0.0503. The van der Waals surface area contributed by atoms with Gasteiger partial charge in [0.2, 0.25) is 5.89 Å². The predicted octanol–water partition coefficient (Wildman–Crippen LogP) is 0.775. The molecule has 0 N–H and O–H groups in total. The molecule has 88 valence electrons. The lowest BCUT2D eigenvalue weighted by atomic mass is 10.4. The molecule has 6 nitrogen and oxygen atoms in total. The van der Waals surface area contributed by atoms with Crippen molar-refractivity contribution in [3.8, 4) is 0 Å². The number of esters is 1. The maximum Gasteiger partial charge on any atom is 0.315 e. The van der Waals surface area contributed by atoms with Crippen LogP contribution in [0.15, 0.2) is 4.52 Å². The molecule has 0 aromatic carbocycles. The third kappa shape index (κ3) is 2.50. The van der Waals surface area contributed by atoms with Gasteiger partial charge in [0.1, 0.15) is 6.42 Å². The number of carbonyl (C=O) groups is 1. The number of aromatic nitrogens is 2. The lowest BCUT2D eigenvalue weighted by Gasteiger charge is -2.09. The summed E-state index contributed by atoms with van der Waals surface area (Å²) in [5, 5.41) is 3.84. The Morgan fingerprint density at radius 3 is 2.94 bits per heavy atom. The molecule has 1 aromatic rings. The third-order valence-corrected chi connectivity index (χ3v) is 2.45. The van der Waals surface area contributed by atoms with Crippen molar-refractivity contribution in [1.82, 2.24) is 10.1 Å². The molecule has 16 heavy (non-hydrogen) atoms. The lowest BCUT2D eigenvalue weighted by molar-refractivity contribution is -0.142. The van der Waals surface area contributed by atoms with E-state index in [1.54, 1.807) is 6.92 Å². The van der Waals surface area contributed by atoms with Crippen LogP contribution in [-0.4, -0.2) is 35.8 Å². The van der Waals surface area contributed by atoms with Crippen LogP contribution in [0, 0.1) is 0 Å². The average Bonchev–Trinajstić information content (AvgIpc) is 2.86. The summed E-state index contributed by atoms with van der Waals surface area (Å²) in [6.45, 7) is 4.05. The zero-order valence-corrected chi connectivity index (χ0v) is 9.31. The molecule has 0 saturated carbocycles. The fourth-order valence-corrected chi connectivity index (χ4v) is 1.70. The molecule has 1 fully saturated rings. The minimum atomic E-state index is -0.334. The first-order valence-corrected chi connectivity index (χ1v) is 5.52. The van der Waals surface area contributed by atoms with Crippen molar-refractivity contribution in [1.29, 1.82) is 0 Å². The highest BCUT2D eigenvalue weighted by molar-refractivity contribution is 5.71. The predicted molar refractivity (Wildman–Crippen MR) is 56.1 cm³/mol. The molecule has 1 saturated heterocycles. The highest BCUT2D eigenvalue weighted by Gasteiger charge is 2.19. The van der Waals surface area contributed by atoms with Crippen molar-refractivity contribution in [2.75, 3.05) is 24.6 Å². The molecule has 0 atom stereocenters. The van der Waals surface area contributed by atoms with Crippen LogP contribution in [-0.2, 0) is 16.0 Å². The summed E-state index contributed by atoms with van der Waals surface area (Å²) in [6.07, 6.45) is 2.36. The first-order chi connectivity index (χ1) is 7.79. The van der Waals surface area contributed by atoms with E-state index in [1.165, 1.54) is 0 Å². The van der Waals surface area contributed by atoms with Crippen LogP contribution in [0.2, 0.25) is 0 Å². The number of rotatable bonds is 4. The largest absolute Gasteiger partial charge is 0.466 e. The molecule has 0 radical (unpaired) electrons. The first kappa shape index (κ1) is 10.9. The van der Waals surface area contributed by atoms with Crippen LogP contribution in [0.3, 0.4) is 0 Å². The molecule has 0 unspecified atom stereocenters. The van der Waals surface area contributed by atoms with Crippen molar-refractivity contribution >= 4 is 11.9 Å². The Balaban J connectivity index is 1.93. The highest BCUT2D eigenvalue weighted by atomic mass is 16.5. The number of anilines is 1. The summed E-state index contributed by atoms with van der Waals surface area (Å²) in [6, 6.07) is 0. The van der Waals surface area contributed by atoms with E-state index in [2.05, 4.69) is 15.0 Å². The van der Waals surface area contributed by atoms with Gasteiger partial charge < -0.3 is 14.2 Å². The summed E-state index contributed by atoms with van der Waals surface area (Å²) in [7, 11) is 0. The number of ether oxygens (including phenoxy) is 1. The SMILES string of the molecule is CCOC(=O)Cc1nc(N2CCCC2)no1. The van der Waals surface area contributed by atoms with Gasteiger partial charge in [-0.05, 0) is 24.9 Å². The van der Waals surface area contributed by atoms with Crippen LogP contribution in [0.1, 0.15) is 25.7 Å². The van der Waals surface area contributed by atoms with Crippen molar-refractivity contribution in [2.24, 2.45) is 0 Å². The third-order valence-electron chi connectivity index (χ3n) is 2.45. The second-order valence-electron chi connectivity index (χ2n) is 3.66. The highest BCUT2D eigenvalue weighted by Crippen LogP contribution is 2.16. The van der Waals surface area contributed by atoms with Gasteiger partial charge in [0.05, 0.1) is 6.61 Å². The monoisotopic (exact) mass is 225 g/mol. The van der Waals surface area contributed by atoms with E-state index in [0.717, 1.165) is 25.9 Å². The Labute approximate surface area is 93.6 Å². The maximum atomic E-state index is 11.2. The zero-order chi connectivity index (χ0) is 11.4.